The van der Waals surface area contributed by atoms with Gasteiger partial charge in [0, 0.05) is 18.1 Å². The lowest BCUT2D eigenvalue weighted by Crippen LogP contribution is -2.61. The average Bonchev–Trinajstić information content (AvgIpc) is 2.40. The van der Waals surface area contributed by atoms with E-state index in [2.05, 4.69) is 42.3 Å². The van der Waals surface area contributed by atoms with E-state index in [0.717, 1.165) is 5.92 Å². The summed E-state index contributed by atoms with van der Waals surface area (Å²) < 4.78 is 0. The summed E-state index contributed by atoms with van der Waals surface area (Å²) in [5, 5.41) is 0. The Morgan fingerprint density at radius 3 is 2.47 bits per heavy atom. The van der Waals surface area contributed by atoms with Gasteiger partial charge in [-0.2, -0.15) is 0 Å². The lowest BCUT2D eigenvalue weighted by molar-refractivity contribution is -0.0335. The van der Waals surface area contributed by atoms with Crippen LogP contribution in [0.4, 0.5) is 0 Å². The number of likely N-dealkylation sites (N-methyl/N-ethyl adjacent to an activating group) is 1. The van der Waals surface area contributed by atoms with E-state index < -0.39 is 0 Å². The first-order valence-electron chi connectivity index (χ1n) is 6.74. The Labute approximate surface area is 104 Å². The van der Waals surface area contributed by atoms with Gasteiger partial charge in [0.1, 0.15) is 0 Å². The van der Waals surface area contributed by atoms with E-state index in [0.29, 0.717) is 0 Å². The summed E-state index contributed by atoms with van der Waals surface area (Å²) in [7, 11) is 2.26. The number of hydrogen-bond donors (Lipinski definition) is 1. The van der Waals surface area contributed by atoms with Gasteiger partial charge in [0.2, 0.25) is 0 Å². The number of benzene rings is 1. The van der Waals surface area contributed by atoms with Crippen LogP contribution in [0.25, 0.3) is 0 Å². The first kappa shape index (κ1) is 11.2. The molecule has 3 aliphatic rings. The van der Waals surface area contributed by atoms with Crippen molar-refractivity contribution in [3.63, 3.8) is 0 Å². The molecule has 2 nitrogen and oxygen atoms in total. The molecule has 1 aromatic rings. The highest BCUT2D eigenvalue weighted by molar-refractivity contribution is 5.24. The summed E-state index contributed by atoms with van der Waals surface area (Å²) in [6, 6.07) is 10.8. The minimum absolute atomic E-state index is 0.162. The van der Waals surface area contributed by atoms with Crippen LogP contribution < -0.4 is 5.73 Å². The maximum atomic E-state index is 6.59. The van der Waals surface area contributed by atoms with Crippen molar-refractivity contribution in [3.05, 3.63) is 35.9 Å². The van der Waals surface area contributed by atoms with Crippen LogP contribution >= 0.6 is 0 Å². The lowest BCUT2D eigenvalue weighted by atomic mass is 9.66. The molecule has 0 radical (unpaired) electrons. The van der Waals surface area contributed by atoms with Gasteiger partial charge in [0.15, 0.2) is 0 Å². The van der Waals surface area contributed by atoms with Crippen molar-refractivity contribution in [3.8, 4) is 0 Å². The lowest BCUT2D eigenvalue weighted by Gasteiger charge is -2.56. The third-order valence-electron chi connectivity index (χ3n) is 5.00. The van der Waals surface area contributed by atoms with Gasteiger partial charge < -0.3 is 5.73 Å². The van der Waals surface area contributed by atoms with Gasteiger partial charge in [-0.3, -0.25) is 4.90 Å². The van der Waals surface area contributed by atoms with Crippen molar-refractivity contribution in [2.45, 2.75) is 37.3 Å². The Hall–Kier alpha value is -0.860. The van der Waals surface area contributed by atoms with Crippen molar-refractivity contribution < 1.29 is 0 Å². The number of nitrogens with two attached hydrogens (primary N) is 1. The molecule has 0 aromatic heterocycles. The zero-order chi connectivity index (χ0) is 11.9. The SMILES string of the molecule is CN1CC2CCC1([C@@H](N)c1ccccc1)CC2. The number of piperidine rings is 2. The van der Waals surface area contributed by atoms with E-state index in [1.807, 2.05) is 0 Å². The van der Waals surface area contributed by atoms with Crippen LogP contribution in [0.3, 0.4) is 0 Å². The fourth-order valence-electron chi connectivity index (χ4n) is 3.83. The highest BCUT2D eigenvalue weighted by Gasteiger charge is 2.48. The second kappa shape index (κ2) is 4.11. The molecular weight excluding hydrogens is 208 g/mol. The summed E-state index contributed by atoms with van der Waals surface area (Å²) >= 11 is 0. The van der Waals surface area contributed by atoms with Gasteiger partial charge in [-0.15, -0.1) is 0 Å². The molecular formula is C15H22N2. The van der Waals surface area contributed by atoms with Gasteiger partial charge >= 0.3 is 0 Å². The van der Waals surface area contributed by atoms with E-state index in [9.17, 15) is 0 Å². The Morgan fingerprint density at radius 1 is 1.24 bits per heavy atom. The predicted molar refractivity (Wildman–Crippen MR) is 70.7 cm³/mol. The number of nitrogens with zero attached hydrogens (tertiary/aromatic N) is 1. The molecule has 2 bridgehead atoms. The molecule has 3 fully saturated rings. The van der Waals surface area contributed by atoms with Gasteiger partial charge in [-0.05, 0) is 44.2 Å². The molecule has 2 aliphatic heterocycles. The van der Waals surface area contributed by atoms with Crippen LogP contribution in [-0.4, -0.2) is 24.0 Å². The first-order chi connectivity index (χ1) is 8.22. The van der Waals surface area contributed by atoms with Crippen molar-refractivity contribution in [1.82, 2.24) is 4.90 Å². The fraction of sp³-hybridized carbons (Fsp3) is 0.600. The zero-order valence-electron chi connectivity index (χ0n) is 10.6. The van der Waals surface area contributed by atoms with Gasteiger partial charge in [0.05, 0.1) is 0 Å². The molecule has 1 atom stereocenters. The summed E-state index contributed by atoms with van der Waals surface area (Å²) in [5.74, 6) is 0.921. The highest BCUT2D eigenvalue weighted by Crippen LogP contribution is 2.47. The fourth-order valence-corrected chi connectivity index (χ4v) is 3.83. The minimum atomic E-state index is 0.162. The second-order valence-corrected chi connectivity index (χ2v) is 5.82. The molecule has 0 spiro atoms. The van der Waals surface area contributed by atoms with Crippen molar-refractivity contribution in [2.75, 3.05) is 13.6 Å². The molecule has 2 N–H and O–H groups in total. The topological polar surface area (TPSA) is 29.3 Å². The third kappa shape index (κ3) is 1.71. The standard InChI is InChI=1S/C15H22N2/c1-17-11-12-7-9-15(17,10-8-12)14(16)13-5-3-2-4-6-13/h2-6,12,14H,7-11,16H2,1H3/t12?,14-,15?/m0/s1. The molecule has 1 saturated carbocycles. The molecule has 2 heteroatoms. The van der Waals surface area contributed by atoms with E-state index in [1.54, 1.807) is 0 Å². The molecule has 2 heterocycles. The van der Waals surface area contributed by atoms with E-state index >= 15 is 0 Å². The van der Waals surface area contributed by atoms with Crippen LogP contribution in [0.15, 0.2) is 30.3 Å². The quantitative estimate of drug-likeness (QED) is 0.846. The molecule has 0 unspecified atom stereocenters. The van der Waals surface area contributed by atoms with Crippen LogP contribution in [0, 0.1) is 5.92 Å². The van der Waals surface area contributed by atoms with Crippen molar-refractivity contribution in [1.29, 1.82) is 0 Å². The summed E-state index contributed by atoms with van der Waals surface area (Å²) in [6.45, 7) is 1.24. The van der Waals surface area contributed by atoms with E-state index in [-0.39, 0.29) is 11.6 Å². The molecule has 1 aromatic carbocycles. The zero-order valence-corrected chi connectivity index (χ0v) is 10.6. The molecule has 17 heavy (non-hydrogen) atoms. The number of hydrogen-bond acceptors (Lipinski definition) is 2. The Balaban J connectivity index is 1.91. The minimum Gasteiger partial charge on any atom is -0.322 e. The largest absolute Gasteiger partial charge is 0.322 e. The first-order valence-corrected chi connectivity index (χ1v) is 6.74. The highest BCUT2D eigenvalue weighted by atomic mass is 15.2. The van der Waals surface area contributed by atoms with Crippen LogP contribution in [0.1, 0.15) is 37.3 Å². The third-order valence-corrected chi connectivity index (χ3v) is 5.00. The van der Waals surface area contributed by atoms with Gasteiger partial charge in [-0.25, -0.2) is 0 Å². The van der Waals surface area contributed by atoms with Gasteiger partial charge in [-0.1, -0.05) is 30.3 Å². The summed E-state index contributed by atoms with van der Waals surface area (Å²) in [5.41, 5.74) is 8.10. The Bertz CT molecular complexity index is 379. The van der Waals surface area contributed by atoms with Crippen LogP contribution in [0.5, 0.6) is 0 Å². The maximum absolute atomic E-state index is 6.59. The maximum Gasteiger partial charge on any atom is 0.0482 e. The molecule has 4 rings (SSSR count). The van der Waals surface area contributed by atoms with Gasteiger partial charge in [0.25, 0.3) is 0 Å². The molecule has 1 aliphatic carbocycles. The van der Waals surface area contributed by atoms with Crippen molar-refractivity contribution >= 4 is 0 Å². The second-order valence-electron chi connectivity index (χ2n) is 5.82. The van der Waals surface area contributed by atoms with Crippen LogP contribution in [-0.2, 0) is 0 Å². The summed E-state index contributed by atoms with van der Waals surface area (Å²) in [4.78, 5) is 2.53. The summed E-state index contributed by atoms with van der Waals surface area (Å²) in [6.07, 6.45) is 5.27. The normalized spacial score (nSPS) is 34.8. The van der Waals surface area contributed by atoms with E-state index in [1.165, 1.54) is 37.8 Å². The van der Waals surface area contributed by atoms with Crippen LogP contribution in [0.2, 0.25) is 0 Å². The molecule has 0 amide bonds. The Morgan fingerprint density at radius 2 is 1.88 bits per heavy atom. The Kier molecular flexibility index (Phi) is 2.72. The number of fused-ring (bicyclic) bond motifs is 3. The molecule has 2 saturated heterocycles. The van der Waals surface area contributed by atoms with Crippen molar-refractivity contribution in [2.24, 2.45) is 11.7 Å². The monoisotopic (exact) mass is 230 g/mol. The predicted octanol–water partition coefficient (Wildman–Crippen LogP) is 2.56. The molecule has 92 valence electrons. The smallest absolute Gasteiger partial charge is 0.0482 e. The number of rotatable bonds is 2. The van der Waals surface area contributed by atoms with E-state index in [4.69, 9.17) is 5.73 Å². The average molecular weight is 230 g/mol.